The van der Waals surface area contributed by atoms with E-state index in [1.54, 1.807) is 0 Å². The highest BCUT2D eigenvalue weighted by Gasteiger charge is 2.43. The summed E-state index contributed by atoms with van der Waals surface area (Å²) in [5.41, 5.74) is 1.27. The second kappa shape index (κ2) is 6.83. The van der Waals surface area contributed by atoms with Gasteiger partial charge in [-0.1, -0.05) is 42.5 Å². The van der Waals surface area contributed by atoms with E-state index in [0.717, 1.165) is 5.56 Å². The number of amides is 2. The van der Waals surface area contributed by atoms with Crippen LogP contribution in [0, 0.1) is 0 Å². The summed E-state index contributed by atoms with van der Waals surface area (Å²) in [6.45, 7) is 1.70. The van der Waals surface area contributed by atoms with Gasteiger partial charge in [-0.3, -0.25) is 4.79 Å². The molecule has 26 heavy (non-hydrogen) atoms. The number of urea groups is 1. The molecular weight excluding hydrogens is 328 g/mol. The molecule has 0 aromatic heterocycles. The first-order chi connectivity index (χ1) is 12.7. The molecule has 0 atom stereocenters. The Morgan fingerprint density at radius 3 is 2.50 bits per heavy atom. The number of carbonyl (C=O) groups excluding carboxylic acids is 2. The van der Waals surface area contributed by atoms with Gasteiger partial charge in [-0.05, 0) is 17.7 Å². The SMILES string of the molecule is O=C1CC2(CCN(C(=O)NCc3ccccc3)CC2)Oc2ccccc21. The Balaban J connectivity index is 1.35. The Labute approximate surface area is 153 Å². The van der Waals surface area contributed by atoms with E-state index < -0.39 is 5.60 Å². The predicted octanol–water partition coefficient (Wildman–Crippen LogP) is 3.40. The lowest BCUT2D eigenvalue weighted by atomic mass is 9.82. The summed E-state index contributed by atoms with van der Waals surface area (Å²) >= 11 is 0. The normalized spacial score (nSPS) is 18.2. The molecule has 4 rings (SSSR count). The van der Waals surface area contributed by atoms with Crippen molar-refractivity contribution in [3.63, 3.8) is 0 Å². The minimum absolute atomic E-state index is 0.0637. The fourth-order valence-electron chi connectivity index (χ4n) is 3.72. The highest BCUT2D eigenvalue weighted by molar-refractivity contribution is 6.00. The molecule has 2 aromatic rings. The second-order valence-corrected chi connectivity index (χ2v) is 7.01. The minimum atomic E-state index is -0.471. The van der Waals surface area contributed by atoms with Crippen molar-refractivity contribution in [2.24, 2.45) is 0 Å². The lowest BCUT2D eigenvalue weighted by Crippen LogP contribution is -2.54. The van der Waals surface area contributed by atoms with Crippen LogP contribution < -0.4 is 10.1 Å². The third kappa shape index (κ3) is 3.29. The zero-order valence-corrected chi connectivity index (χ0v) is 14.6. The zero-order chi connectivity index (χ0) is 18.0. The van der Waals surface area contributed by atoms with Crippen molar-refractivity contribution >= 4 is 11.8 Å². The first-order valence-electron chi connectivity index (χ1n) is 9.03. The Morgan fingerprint density at radius 2 is 1.73 bits per heavy atom. The first kappa shape index (κ1) is 16.6. The molecule has 5 nitrogen and oxygen atoms in total. The van der Waals surface area contributed by atoms with Crippen LogP contribution >= 0.6 is 0 Å². The number of para-hydroxylation sites is 1. The summed E-state index contributed by atoms with van der Waals surface area (Å²) in [4.78, 5) is 26.7. The van der Waals surface area contributed by atoms with Gasteiger partial charge < -0.3 is 15.0 Å². The van der Waals surface area contributed by atoms with Gasteiger partial charge in [-0.2, -0.15) is 0 Å². The molecule has 0 radical (unpaired) electrons. The number of likely N-dealkylation sites (tertiary alicyclic amines) is 1. The van der Waals surface area contributed by atoms with E-state index in [2.05, 4.69) is 5.32 Å². The van der Waals surface area contributed by atoms with Crippen molar-refractivity contribution in [2.45, 2.75) is 31.4 Å². The number of ether oxygens (including phenoxy) is 1. The van der Waals surface area contributed by atoms with E-state index in [-0.39, 0.29) is 11.8 Å². The van der Waals surface area contributed by atoms with Crippen LogP contribution in [-0.4, -0.2) is 35.4 Å². The van der Waals surface area contributed by atoms with Crippen molar-refractivity contribution in [3.8, 4) is 5.75 Å². The van der Waals surface area contributed by atoms with Crippen LogP contribution in [-0.2, 0) is 6.54 Å². The lowest BCUT2D eigenvalue weighted by molar-refractivity contribution is -0.000697. The smallest absolute Gasteiger partial charge is 0.317 e. The van der Waals surface area contributed by atoms with Gasteiger partial charge in [0.25, 0.3) is 0 Å². The van der Waals surface area contributed by atoms with Gasteiger partial charge in [0.2, 0.25) is 0 Å². The predicted molar refractivity (Wildman–Crippen MR) is 98.2 cm³/mol. The summed E-state index contributed by atoms with van der Waals surface area (Å²) in [5, 5.41) is 2.96. The van der Waals surface area contributed by atoms with E-state index in [1.165, 1.54) is 0 Å². The highest BCUT2D eigenvalue weighted by atomic mass is 16.5. The average Bonchev–Trinajstić information content (AvgIpc) is 2.67. The number of hydrogen-bond donors (Lipinski definition) is 1. The molecule has 1 saturated heterocycles. The molecule has 2 aromatic carbocycles. The van der Waals surface area contributed by atoms with E-state index in [1.807, 2.05) is 59.5 Å². The molecule has 1 N–H and O–H groups in total. The van der Waals surface area contributed by atoms with E-state index >= 15 is 0 Å². The zero-order valence-electron chi connectivity index (χ0n) is 14.6. The summed E-state index contributed by atoms with van der Waals surface area (Å²) < 4.78 is 6.21. The van der Waals surface area contributed by atoms with Crippen LogP contribution in [0.4, 0.5) is 4.79 Å². The van der Waals surface area contributed by atoms with Crippen LogP contribution in [0.5, 0.6) is 5.75 Å². The molecule has 0 aliphatic carbocycles. The van der Waals surface area contributed by atoms with Gasteiger partial charge in [-0.15, -0.1) is 0 Å². The number of Topliss-reactive ketones (excluding diaryl/α,β-unsaturated/α-hetero) is 1. The van der Waals surface area contributed by atoms with E-state index in [0.29, 0.717) is 50.2 Å². The van der Waals surface area contributed by atoms with Gasteiger partial charge in [-0.25, -0.2) is 4.79 Å². The Hall–Kier alpha value is -2.82. The van der Waals surface area contributed by atoms with Crippen LogP contribution in [0.15, 0.2) is 54.6 Å². The molecule has 0 bridgehead atoms. The highest BCUT2D eigenvalue weighted by Crippen LogP contribution is 2.39. The number of benzene rings is 2. The quantitative estimate of drug-likeness (QED) is 0.903. The standard InChI is InChI=1S/C21H22N2O3/c24-18-14-21(26-19-9-5-4-8-17(18)19)10-12-23(13-11-21)20(25)22-15-16-6-2-1-3-7-16/h1-9H,10-15H2,(H,22,25). The average molecular weight is 350 g/mol. The van der Waals surface area contributed by atoms with Crippen molar-refractivity contribution in [1.29, 1.82) is 0 Å². The Bertz CT molecular complexity index is 811. The number of rotatable bonds is 2. The molecule has 5 heteroatoms. The van der Waals surface area contributed by atoms with E-state index in [4.69, 9.17) is 4.74 Å². The molecule has 1 spiro atoms. The van der Waals surface area contributed by atoms with Gasteiger partial charge in [0.05, 0.1) is 12.0 Å². The van der Waals surface area contributed by atoms with Crippen molar-refractivity contribution < 1.29 is 14.3 Å². The van der Waals surface area contributed by atoms with Crippen LogP contribution in [0.3, 0.4) is 0 Å². The molecule has 1 fully saturated rings. The number of nitrogens with zero attached hydrogens (tertiary/aromatic N) is 1. The number of hydrogen-bond acceptors (Lipinski definition) is 3. The number of ketones is 1. The fraction of sp³-hybridized carbons (Fsp3) is 0.333. The van der Waals surface area contributed by atoms with Gasteiger partial charge in [0.1, 0.15) is 11.4 Å². The maximum atomic E-state index is 12.5. The Morgan fingerprint density at radius 1 is 1.04 bits per heavy atom. The Kier molecular flexibility index (Phi) is 4.37. The maximum Gasteiger partial charge on any atom is 0.317 e. The number of fused-ring (bicyclic) bond motifs is 1. The number of carbonyl (C=O) groups is 2. The van der Waals surface area contributed by atoms with Crippen LogP contribution in [0.2, 0.25) is 0 Å². The van der Waals surface area contributed by atoms with Gasteiger partial charge >= 0.3 is 6.03 Å². The second-order valence-electron chi connectivity index (χ2n) is 7.01. The third-order valence-electron chi connectivity index (χ3n) is 5.25. The summed E-state index contributed by atoms with van der Waals surface area (Å²) in [6.07, 6.45) is 1.74. The van der Waals surface area contributed by atoms with Crippen LogP contribution in [0.25, 0.3) is 0 Å². The number of nitrogens with one attached hydrogen (secondary N) is 1. The fourth-order valence-corrected chi connectivity index (χ4v) is 3.72. The van der Waals surface area contributed by atoms with Crippen LogP contribution in [0.1, 0.15) is 35.2 Å². The summed E-state index contributed by atoms with van der Waals surface area (Å²) in [5.74, 6) is 0.805. The molecule has 2 aliphatic rings. The van der Waals surface area contributed by atoms with E-state index in [9.17, 15) is 9.59 Å². The molecule has 2 heterocycles. The van der Waals surface area contributed by atoms with Gasteiger partial charge in [0.15, 0.2) is 5.78 Å². The molecular formula is C21H22N2O3. The summed E-state index contributed by atoms with van der Waals surface area (Å²) in [6, 6.07) is 17.2. The molecule has 134 valence electrons. The first-order valence-corrected chi connectivity index (χ1v) is 9.03. The largest absolute Gasteiger partial charge is 0.486 e. The molecule has 2 amide bonds. The molecule has 0 saturated carbocycles. The third-order valence-corrected chi connectivity index (χ3v) is 5.25. The topological polar surface area (TPSA) is 58.6 Å². The monoisotopic (exact) mass is 350 g/mol. The van der Waals surface area contributed by atoms with Crippen molar-refractivity contribution in [3.05, 3.63) is 65.7 Å². The van der Waals surface area contributed by atoms with Crippen molar-refractivity contribution in [2.75, 3.05) is 13.1 Å². The van der Waals surface area contributed by atoms with Gasteiger partial charge in [0, 0.05) is 32.5 Å². The molecule has 0 unspecified atom stereocenters. The minimum Gasteiger partial charge on any atom is -0.486 e. The lowest BCUT2D eigenvalue weighted by Gasteiger charge is -2.43. The maximum absolute atomic E-state index is 12.5. The van der Waals surface area contributed by atoms with Crippen molar-refractivity contribution in [1.82, 2.24) is 10.2 Å². The molecule has 2 aliphatic heterocycles. The number of piperidine rings is 1. The summed E-state index contributed by atoms with van der Waals surface area (Å²) in [7, 11) is 0.